The summed E-state index contributed by atoms with van der Waals surface area (Å²) in [6.45, 7) is 0. The monoisotopic (exact) mass is 316 g/mol. The zero-order chi connectivity index (χ0) is 14.8. The minimum Gasteiger partial charge on any atom is -0.464 e. The van der Waals surface area contributed by atoms with Crippen LogP contribution >= 0.6 is 11.3 Å². The van der Waals surface area contributed by atoms with Crippen molar-refractivity contribution in [1.29, 1.82) is 0 Å². The lowest BCUT2D eigenvalue weighted by molar-refractivity contribution is 0.0590. The van der Waals surface area contributed by atoms with Crippen LogP contribution in [0.2, 0.25) is 0 Å². The first kappa shape index (κ1) is 14.1. The molecule has 2 aromatic rings. The number of aromatic nitrogens is 3. The normalized spacial score (nSPS) is 11.1. The van der Waals surface area contributed by atoms with Crippen molar-refractivity contribution in [2.75, 3.05) is 11.8 Å². The lowest BCUT2D eigenvalue weighted by Gasteiger charge is -2.05. The molecule has 0 aromatic carbocycles. The summed E-state index contributed by atoms with van der Waals surface area (Å²) >= 11 is 0.760. The highest BCUT2D eigenvalue weighted by Crippen LogP contribution is 2.22. The molecule has 0 spiro atoms. The number of nitrogens with zero attached hydrogens (tertiary/aromatic N) is 2. The molecule has 2 N–H and O–H groups in total. The summed E-state index contributed by atoms with van der Waals surface area (Å²) in [4.78, 5) is 25.9. The first-order chi connectivity index (χ1) is 9.44. The Morgan fingerprint density at radius 2 is 2.20 bits per heavy atom. The van der Waals surface area contributed by atoms with Crippen LogP contribution < -0.4 is 10.3 Å². The van der Waals surface area contributed by atoms with Gasteiger partial charge < -0.3 is 4.74 Å². The van der Waals surface area contributed by atoms with E-state index in [2.05, 4.69) is 24.6 Å². The van der Waals surface area contributed by atoms with Crippen molar-refractivity contribution >= 4 is 33.1 Å². The fraction of sp³-hybridized carbons (Fsp3) is 0.111. The number of anilines is 1. The lowest BCUT2D eigenvalue weighted by atomic mass is 10.5. The number of ether oxygens (including phenoxy) is 1. The molecule has 0 amide bonds. The minimum atomic E-state index is -4.05. The van der Waals surface area contributed by atoms with Gasteiger partial charge in [-0.1, -0.05) is 0 Å². The second-order valence-corrected chi connectivity index (χ2v) is 6.12. The second kappa shape index (κ2) is 5.38. The molecule has 0 unspecified atom stereocenters. The van der Waals surface area contributed by atoms with Crippen LogP contribution in [0.4, 0.5) is 5.82 Å². The van der Waals surface area contributed by atoms with Gasteiger partial charge in [0.25, 0.3) is 15.6 Å². The molecule has 106 valence electrons. The van der Waals surface area contributed by atoms with E-state index in [1.165, 1.54) is 11.6 Å². The van der Waals surface area contributed by atoms with Gasteiger partial charge in [0.1, 0.15) is 0 Å². The topological polar surface area (TPSA) is 131 Å². The molecule has 0 bridgehead atoms. The van der Waals surface area contributed by atoms with Crippen molar-refractivity contribution in [3.63, 3.8) is 0 Å². The number of hydrogen-bond donors (Lipinski definition) is 2. The van der Waals surface area contributed by atoms with Crippen LogP contribution in [0.5, 0.6) is 0 Å². The van der Waals surface area contributed by atoms with Crippen LogP contribution in [0.15, 0.2) is 26.6 Å². The number of nitrogens with one attached hydrogen (secondary N) is 2. The third-order valence-corrected chi connectivity index (χ3v) is 4.80. The average molecular weight is 316 g/mol. The van der Waals surface area contributed by atoms with Gasteiger partial charge in [-0.2, -0.15) is 5.10 Å². The van der Waals surface area contributed by atoms with E-state index < -0.39 is 21.6 Å². The van der Waals surface area contributed by atoms with Gasteiger partial charge in [-0.25, -0.2) is 23.3 Å². The number of methoxy groups -OCH3 is 1. The summed E-state index contributed by atoms with van der Waals surface area (Å²) in [7, 11) is -2.93. The van der Waals surface area contributed by atoms with Crippen LogP contribution in [-0.2, 0) is 14.8 Å². The maximum Gasteiger partial charge on any atom is 0.358 e. The van der Waals surface area contributed by atoms with Crippen molar-refractivity contribution in [1.82, 2.24) is 15.2 Å². The number of H-pyrrole nitrogens is 1. The predicted molar refractivity (Wildman–Crippen MR) is 69.1 cm³/mol. The van der Waals surface area contributed by atoms with E-state index >= 15 is 0 Å². The molecular weight excluding hydrogens is 308 g/mol. The van der Waals surface area contributed by atoms with Crippen LogP contribution in [0, 0.1) is 0 Å². The van der Waals surface area contributed by atoms with Gasteiger partial charge in [0.05, 0.1) is 12.6 Å². The smallest absolute Gasteiger partial charge is 0.358 e. The Labute approximate surface area is 116 Å². The Morgan fingerprint density at radius 3 is 2.80 bits per heavy atom. The first-order valence-electron chi connectivity index (χ1n) is 5.04. The predicted octanol–water partition coefficient (Wildman–Crippen LogP) is -0.186. The number of carbonyl (C=O) groups is 1. The summed E-state index contributed by atoms with van der Waals surface area (Å²) < 4.78 is 30.5. The zero-order valence-corrected chi connectivity index (χ0v) is 11.6. The second-order valence-electron chi connectivity index (χ2n) is 3.39. The van der Waals surface area contributed by atoms with Gasteiger partial charge in [-0.3, -0.25) is 9.52 Å². The van der Waals surface area contributed by atoms with Crippen LogP contribution in [-0.4, -0.2) is 36.7 Å². The summed E-state index contributed by atoms with van der Waals surface area (Å²) in [6, 6.07) is 2.30. The molecule has 2 rings (SSSR count). The number of rotatable bonds is 4. The lowest BCUT2D eigenvalue weighted by Crippen LogP contribution is -2.18. The molecule has 2 aromatic heterocycles. The van der Waals surface area contributed by atoms with Gasteiger partial charge in [0, 0.05) is 6.07 Å². The molecular formula is C9H8N4O5S2. The van der Waals surface area contributed by atoms with E-state index in [-0.39, 0.29) is 15.7 Å². The van der Waals surface area contributed by atoms with E-state index in [0.29, 0.717) is 0 Å². The molecule has 9 nitrogen and oxygen atoms in total. The number of aromatic amines is 1. The molecule has 0 radical (unpaired) electrons. The van der Waals surface area contributed by atoms with Gasteiger partial charge in [0.2, 0.25) is 0 Å². The summed E-state index contributed by atoms with van der Waals surface area (Å²) in [5, 5.41) is 5.59. The Balaban J connectivity index is 2.36. The molecule has 0 aliphatic heterocycles. The number of thiazole rings is 1. The number of sulfonamides is 1. The maximum atomic E-state index is 12.1. The molecule has 11 heteroatoms. The number of esters is 1. The van der Waals surface area contributed by atoms with E-state index in [9.17, 15) is 18.0 Å². The van der Waals surface area contributed by atoms with Gasteiger partial charge in [-0.15, -0.1) is 11.3 Å². The standard InChI is InChI=1S/C9H8N4O5S2/c1-18-8(15)7-9(19-4-10-7)20(16,17)13-5-2-3-6(14)12-11-5/h2-4H,1H3,(H,11,13)(H,12,14). The number of carbonyl (C=O) groups excluding carboxylic acids is 1. The summed E-state index contributed by atoms with van der Waals surface area (Å²) in [5.74, 6) is -0.949. The largest absolute Gasteiger partial charge is 0.464 e. The maximum absolute atomic E-state index is 12.1. The fourth-order valence-electron chi connectivity index (χ4n) is 1.24. The molecule has 2 heterocycles. The minimum absolute atomic E-state index is 0.0891. The van der Waals surface area contributed by atoms with Crippen LogP contribution in [0.3, 0.4) is 0 Å². The van der Waals surface area contributed by atoms with Gasteiger partial charge in [0.15, 0.2) is 15.7 Å². The third-order valence-electron chi connectivity index (χ3n) is 2.08. The number of hydrogen-bond acceptors (Lipinski definition) is 8. The Hall–Kier alpha value is -2.27. The van der Waals surface area contributed by atoms with E-state index in [4.69, 9.17) is 0 Å². The van der Waals surface area contributed by atoms with Crippen molar-refractivity contribution in [2.24, 2.45) is 0 Å². The molecule has 20 heavy (non-hydrogen) atoms. The molecule has 0 aliphatic rings. The highest BCUT2D eigenvalue weighted by atomic mass is 32.2. The summed E-state index contributed by atoms with van der Waals surface area (Å²) in [5.41, 5.74) is 0.427. The van der Waals surface area contributed by atoms with E-state index in [1.807, 2.05) is 0 Å². The Morgan fingerprint density at radius 1 is 1.45 bits per heavy atom. The molecule has 0 atom stereocenters. The van der Waals surface area contributed by atoms with Crippen molar-refractivity contribution in [3.8, 4) is 0 Å². The quantitative estimate of drug-likeness (QED) is 0.747. The Bertz CT molecular complexity index is 774. The van der Waals surface area contributed by atoms with Crippen molar-refractivity contribution < 1.29 is 17.9 Å². The Kier molecular flexibility index (Phi) is 3.81. The fourth-order valence-corrected chi connectivity index (χ4v) is 3.38. The highest BCUT2D eigenvalue weighted by molar-refractivity contribution is 7.94. The van der Waals surface area contributed by atoms with Gasteiger partial charge >= 0.3 is 5.97 Å². The SMILES string of the molecule is COC(=O)c1ncsc1S(=O)(=O)Nc1ccc(=O)[nH]n1. The van der Waals surface area contributed by atoms with Crippen molar-refractivity contribution in [2.45, 2.75) is 4.21 Å². The van der Waals surface area contributed by atoms with Gasteiger partial charge in [-0.05, 0) is 6.07 Å². The average Bonchev–Trinajstić information content (AvgIpc) is 2.90. The molecule has 0 saturated heterocycles. The molecule has 0 fully saturated rings. The third kappa shape index (κ3) is 2.83. The van der Waals surface area contributed by atoms with Crippen LogP contribution in [0.1, 0.15) is 10.5 Å². The molecule has 0 saturated carbocycles. The van der Waals surface area contributed by atoms with Crippen molar-refractivity contribution in [3.05, 3.63) is 33.7 Å². The first-order valence-corrected chi connectivity index (χ1v) is 7.40. The molecule has 0 aliphatic carbocycles. The van der Waals surface area contributed by atoms with E-state index in [1.54, 1.807) is 0 Å². The zero-order valence-electron chi connectivity index (χ0n) is 9.98. The summed E-state index contributed by atoms with van der Waals surface area (Å²) in [6.07, 6.45) is 0. The highest BCUT2D eigenvalue weighted by Gasteiger charge is 2.26. The van der Waals surface area contributed by atoms with Crippen LogP contribution in [0.25, 0.3) is 0 Å². The van der Waals surface area contributed by atoms with E-state index in [0.717, 1.165) is 24.5 Å².